The molecule has 1 amide bonds. The second-order valence-electron chi connectivity index (χ2n) is 7.24. The molecule has 0 aliphatic rings. The molecule has 2 aromatic carbocycles. The smallest absolute Gasteiger partial charge is 0.277 e. The van der Waals surface area contributed by atoms with Crippen molar-refractivity contribution in [3.63, 3.8) is 0 Å². The number of aromatic nitrogens is 3. The minimum atomic E-state index is -0.188. The first-order chi connectivity index (χ1) is 15.5. The molecular weight excluding hydrogens is 444 g/mol. The van der Waals surface area contributed by atoms with E-state index in [0.717, 1.165) is 22.6 Å². The van der Waals surface area contributed by atoms with Crippen molar-refractivity contribution in [1.82, 2.24) is 15.2 Å². The Kier molecular flexibility index (Phi) is 6.87. The summed E-state index contributed by atoms with van der Waals surface area (Å²) in [4.78, 5) is 16.8. The molecule has 32 heavy (non-hydrogen) atoms. The van der Waals surface area contributed by atoms with E-state index in [1.165, 1.54) is 34.2 Å². The summed E-state index contributed by atoms with van der Waals surface area (Å²) in [7, 11) is 0. The maximum absolute atomic E-state index is 12.3. The number of nitrogens with one attached hydrogen (secondary N) is 1. The Morgan fingerprint density at radius 3 is 2.81 bits per heavy atom. The van der Waals surface area contributed by atoms with Crippen LogP contribution in [-0.2, 0) is 11.4 Å². The van der Waals surface area contributed by atoms with Gasteiger partial charge in [-0.15, -0.1) is 21.5 Å². The average Bonchev–Trinajstić information content (AvgIpc) is 3.42. The summed E-state index contributed by atoms with van der Waals surface area (Å²) in [6, 6.07) is 13.9. The zero-order valence-corrected chi connectivity index (χ0v) is 19.5. The van der Waals surface area contributed by atoms with E-state index >= 15 is 0 Å². The predicted molar refractivity (Wildman–Crippen MR) is 126 cm³/mol. The van der Waals surface area contributed by atoms with E-state index in [1.54, 1.807) is 0 Å². The lowest BCUT2D eigenvalue weighted by molar-refractivity contribution is -0.113. The van der Waals surface area contributed by atoms with Gasteiger partial charge in [0.2, 0.25) is 5.91 Å². The average molecular weight is 467 g/mol. The van der Waals surface area contributed by atoms with Crippen LogP contribution in [0.2, 0.25) is 0 Å². The minimum absolute atomic E-state index is 0.138. The van der Waals surface area contributed by atoms with Crippen LogP contribution >= 0.6 is 23.1 Å². The number of ether oxygens (including phenoxy) is 1. The van der Waals surface area contributed by atoms with E-state index in [4.69, 9.17) is 9.15 Å². The first-order valence-corrected chi connectivity index (χ1v) is 11.8. The maximum atomic E-state index is 12.3. The number of hydrogen-bond donors (Lipinski definition) is 1. The number of aryl methyl sites for hydroxylation is 3. The van der Waals surface area contributed by atoms with E-state index in [9.17, 15) is 4.79 Å². The molecule has 0 radical (unpaired) electrons. The number of thiazole rings is 1. The van der Waals surface area contributed by atoms with Crippen molar-refractivity contribution in [3.05, 3.63) is 70.4 Å². The molecule has 0 unspecified atom stereocenters. The Labute approximate surface area is 194 Å². The highest BCUT2D eigenvalue weighted by molar-refractivity contribution is 7.99. The quantitative estimate of drug-likeness (QED) is 0.346. The van der Waals surface area contributed by atoms with E-state index in [0.29, 0.717) is 16.2 Å². The summed E-state index contributed by atoms with van der Waals surface area (Å²) < 4.78 is 11.2. The monoisotopic (exact) mass is 466 g/mol. The van der Waals surface area contributed by atoms with E-state index < -0.39 is 0 Å². The lowest BCUT2D eigenvalue weighted by atomic mass is 10.1. The lowest BCUT2D eigenvalue weighted by Gasteiger charge is -2.03. The highest BCUT2D eigenvalue weighted by Gasteiger charge is 2.13. The number of nitrogens with zero attached hydrogens (tertiary/aromatic N) is 3. The van der Waals surface area contributed by atoms with Gasteiger partial charge in [-0.05, 0) is 55.7 Å². The van der Waals surface area contributed by atoms with Crippen LogP contribution in [0.4, 0.5) is 5.13 Å². The summed E-state index contributed by atoms with van der Waals surface area (Å²) in [5, 5.41) is 13.5. The number of carbonyl (C=O) groups is 1. The van der Waals surface area contributed by atoms with Crippen LogP contribution in [-0.4, -0.2) is 26.8 Å². The molecule has 164 valence electrons. The zero-order valence-electron chi connectivity index (χ0n) is 17.9. The van der Waals surface area contributed by atoms with Gasteiger partial charge in [0.25, 0.3) is 11.1 Å². The highest BCUT2D eigenvalue weighted by atomic mass is 32.2. The molecule has 4 aromatic rings. The van der Waals surface area contributed by atoms with Crippen molar-refractivity contribution in [2.45, 2.75) is 32.6 Å². The minimum Gasteiger partial charge on any atom is -0.484 e. The third kappa shape index (κ3) is 5.74. The number of thioether (sulfide) groups is 1. The van der Waals surface area contributed by atoms with E-state index in [-0.39, 0.29) is 18.3 Å². The number of carbonyl (C=O) groups excluding carboxylic acids is 1. The largest absolute Gasteiger partial charge is 0.484 e. The first kappa shape index (κ1) is 22.0. The normalized spacial score (nSPS) is 10.8. The topological polar surface area (TPSA) is 90.1 Å². The van der Waals surface area contributed by atoms with E-state index in [2.05, 4.69) is 46.5 Å². The van der Waals surface area contributed by atoms with Crippen LogP contribution in [0.1, 0.15) is 22.6 Å². The molecule has 7 nitrogen and oxygen atoms in total. The van der Waals surface area contributed by atoms with Gasteiger partial charge in [0, 0.05) is 10.9 Å². The van der Waals surface area contributed by atoms with Gasteiger partial charge >= 0.3 is 0 Å². The van der Waals surface area contributed by atoms with Gasteiger partial charge in [0.15, 0.2) is 11.7 Å². The van der Waals surface area contributed by atoms with Gasteiger partial charge in [-0.1, -0.05) is 36.0 Å². The summed E-state index contributed by atoms with van der Waals surface area (Å²) in [6.45, 7) is 6.31. The molecule has 0 bridgehead atoms. The van der Waals surface area contributed by atoms with Crippen molar-refractivity contribution < 1.29 is 13.9 Å². The molecule has 9 heteroatoms. The molecule has 0 aliphatic heterocycles. The predicted octanol–water partition coefficient (Wildman–Crippen LogP) is 5.43. The van der Waals surface area contributed by atoms with Crippen LogP contribution in [0.5, 0.6) is 5.75 Å². The molecule has 0 saturated carbocycles. The third-order valence-electron chi connectivity index (χ3n) is 4.68. The maximum Gasteiger partial charge on any atom is 0.277 e. The molecule has 0 spiro atoms. The number of benzene rings is 2. The zero-order chi connectivity index (χ0) is 22.5. The Bertz CT molecular complexity index is 1240. The summed E-state index contributed by atoms with van der Waals surface area (Å²) in [5.74, 6) is 1.04. The fourth-order valence-corrected chi connectivity index (χ4v) is 4.17. The number of anilines is 1. The highest BCUT2D eigenvalue weighted by Crippen LogP contribution is 2.27. The van der Waals surface area contributed by atoms with Crippen LogP contribution in [0, 0.1) is 20.8 Å². The number of rotatable bonds is 8. The van der Waals surface area contributed by atoms with Gasteiger partial charge in [0.05, 0.1) is 11.4 Å². The van der Waals surface area contributed by atoms with Crippen LogP contribution in [0.3, 0.4) is 0 Å². The number of hydrogen-bond acceptors (Lipinski definition) is 8. The van der Waals surface area contributed by atoms with Crippen LogP contribution in [0.15, 0.2) is 57.5 Å². The first-order valence-electron chi connectivity index (χ1n) is 9.94. The van der Waals surface area contributed by atoms with Crippen molar-refractivity contribution in [3.8, 4) is 17.0 Å². The molecule has 2 heterocycles. The van der Waals surface area contributed by atoms with Crippen molar-refractivity contribution in [2.75, 3.05) is 11.1 Å². The van der Waals surface area contributed by atoms with Gasteiger partial charge in [0.1, 0.15) is 5.75 Å². The van der Waals surface area contributed by atoms with Gasteiger partial charge in [-0.2, -0.15) is 0 Å². The van der Waals surface area contributed by atoms with Crippen LogP contribution < -0.4 is 10.1 Å². The van der Waals surface area contributed by atoms with Gasteiger partial charge in [-0.25, -0.2) is 4.98 Å². The Morgan fingerprint density at radius 1 is 1.12 bits per heavy atom. The summed E-state index contributed by atoms with van der Waals surface area (Å²) in [5.41, 5.74) is 5.43. The molecule has 0 atom stereocenters. The second kappa shape index (κ2) is 9.97. The number of amides is 1. The third-order valence-corrected chi connectivity index (χ3v) is 6.26. The molecule has 0 aliphatic carbocycles. The van der Waals surface area contributed by atoms with Crippen molar-refractivity contribution >= 4 is 34.1 Å². The second-order valence-corrected chi connectivity index (χ2v) is 9.03. The van der Waals surface area contributed by atoms with Crippen LogP contribution in [0.25, 0.3) is 11.3 Å². The van der Waals surface area contributed by atoms with Gasteiger partial charge < -0.3 is 14.5 Å². The fraction of sp³-hybridized carbons (Fsp3) is 0.217. The Hall–Kier alpha value is -3.17. The SMILES string of the molecule is Cc1cccc(OCc2nnc(SCC(=O)Nc3nc(-c4ccc(C)c(C)c4)cs3)o2)c1. The standard InChI is InChI=1S/C23H22N4O3S2/c1-14-5-4-6-18(9-14)29-11-21-26-27-23(30-21)32-13-20(28)25-22-24-19(12-31-22)17-8-7-15(2)16(3)10-17/h4-10,12H,11,13H2,1-3H3,(H,24,25,28). The van der Waals surface area contributed by atoms with Crippen molar-refractivity contribution in [2.24, 2.45) is 0 Å². The molecule has 4 rings (SSSR count). The van der Waals surface area contributed by atoms with Crippen molar-refractivity contribution in [1.29, 1.82) is 0 Å². The molecule has 0 saturated heterocycles. The molecular formula is C23H22N4O3S2. The van der Waals surface area contributed by atoms with Gasteiger partial charge in [-0.3, -0.25) is 4.79 Å². The Balaban J connectivity index is 1.26. The lowest BCUT2D eigenvalue weighted by Crippen LogP contribution is -2.13. The summed E-state index contributed by atoms with van der Waals surface area (Å²) in [6.07, 6.45) is 0. The molecule has 2 aromatic heterocycles. The molecule has 1 N–H and O–H groups in total. The fourth-order valence-electron chi connectivity index (χ4n) is 2.85. The van der Waals surface area contributed by atoms with E-state index in [1.807, 2.05) is 42.6 Å². The molecule has 0 fully saturated rings. The Morgan fingerprint density at radius 2 is 2.00 bits per heavy atom. The summed E-state index contributed by atoms with van der Waals surface area (Å²) >= 11 is 2.56.